The second-order valence-electron chi connectivity index (χ2n) is 5.74. The number of fused-ring (bicyclic) bond motifs is 2. The molecular formula is C15H21N5O. The number of hydrogen-bond acceptors (Lipinski definition) is 4. The van der Waals surface area contributed by atoms with E-state index in [9.17, 15) is 4.79 Å². The summed E-state index contributed by atoms with van der Waals surface area (Å²) in [5.41, 5.74) is 0.570. The molecule has 1 aliphatic rings. The lowest BCUT2D eigenvalue weighted by Crippen LogP contribution is -2.26. The molecule has 0 unspecified atom stereocenters. The van der Waals surface area contributed by atoms with E-state index in [2.05, 4.69) is 35.4 Å². The standard InChI is InChI=1S/C15H21N5O/c1-4-5-6-7-18-8-9-19-14(21)12-10-16-13(11(2)3)20(12)17-15(18)19/h4,10-11H,1,5-9H2,2-3H3. The van der Waals surface area contributed by atoms with Crippen LogP contribution in [-0.4, -0.2) is 32.3 Å². The van der Waals surface area contributed by atoms with Crippen molar-refractivity contribution in [1.29, 1.82) is 0 Å². The molecule has 0 N–H and O–H groups in total. The van der Waals surface area contributed by atoms with Gasteiger partial charge in [0.25, 0.3) is 5.56 Å². The van der Waals surface area contributed by atoms with Gasteiger partial charge in [0, 0.05) is 25.6 Å². The Morgan fingerprint density at radius 1 is 1.43 bits per heavy atom. The summed E-state index contributed by atoms with van der Waals surface area (Å²) in [6.07, 6.45) is 5.56. The first kappa shape index (κ1) is 13.9. The van der Waals surface area contributed by atoms with E-state index >= 15 is 0 Å². The van der Waals surface area contributed by atoms with E-state index in [0.717, 1.165) is 37.7 Å². The average molecular weight is 287 g/mol. The van der Waals surface area contributed by atoms with Gasteiger partial charge in [0.15, 0.2) is 5.52 Å². The van der Waals surface area contributed by atoms with E-state index in [-0.39, 0.29) is 11.5 Å². The van der Waals surface area contributed by atoms with Crippen molar-refractivity contribution in [3.63, 3.8) is 0 Å². The molecule has 3 rings (SSSR count). The molecule has 0 spiro atoms. The molecule has 0 amide bonds. The summed E-state index contributed by atoms with van der Waals surface area (Å²) in [5.74, 6) is 1.83. The van der Waals surface area contributed by atoms with Gasteiger partial charge in [-0.3, -0.25) is 9.36 Å². The highest BCUT2D eigenvalue weighted by Crippen LogP contribution is 2.19. The molecule has 0 radical (unpaired) electrons. The van der Waals surface area contributed by atoms with Gasteiger partial charge in [0.1, 0.15) is 5.82 Å². The van der Waals surface area contributed by atoms with Crippen molar-refractivity contribution < 1.29 is 0 Å². The monoisotopic (exact) mass is 287 g/mol. The largest absolute Gasteiger partial charge is 0.339 e. The highest BCUT2D eigenvalue weighted by atomic mass is 16.1. The molecular weight excluding hydrogens is 266 g/mol. The van der Waals surface area contributed by atoms with Crippen LogP contribution in [0.25, 0.3) is 5.52 Å². The van der Waals surface area contributed by atoms with Crippen molar-refractivity contribution in [1.82, 2.24) is 19.2 Å². The molecule has 0 aliphatic carbocycles. The van der Waals surface area contributed by atoms with Crippen LogP contribution in [0.4, 0.5) is 5.95 Å². The first-order valence-electron chi connectivity index (χ1n) is 7.47. The summed E-state index contributed by atoms with van der Waals surface area (Å²) in [4.78, 5) is 19.1. The first-order chi connectivity index (χ1) is 10.1. The topological polar surface area (TPSA) is 55.4 Å². The van der Waals surface area contributed by atoms with Crippen LogP contribution in [0, 0.1) is 0 Å². The molecule has 1 aliphatic heterocycles. The highest BCUT2D eigenvalue weighted by molar-refractivity contribution is 5.47. The number of rotatable bonds is 5. The number of imidazole rings is 1. The van der Waals surface area contributed by atoms with Crippen molar-refractivity contribution in [2.45, 2.75) is 39.2 Å². The maximum absolute atomic E-state index is 12.6. The molecule has 0 atom stereocenters. The van der Waals surface area contributed by atoms with Crippen LogP contribution in [0.3, 0.4) is 0 Å². The van der Waals surface area contributed by atoms with Gasteiger partial charge in [-0.05, 0) is 12.8 Å². The first-order valence-corrected chi connectivity index (χ1v) is 7.47. The molecule has 0 saturated heterocycles. The Morgan fingerprint density at radius 2 is 2.24 bits per heavy atom. The number of nitrogens with zero attached hydrogens (tertiary/aromatic N) is 5. The fourth-order valence-corrected chi connectivity index (χ4v) is 2.77. The maximum atomic E-state index is 12.6. The van der Waals surface area contributed by atoms with Gasteiger partial charge in [-0.15, -0.1) is 11.7 Å². The van der Waals surface area contributed by atoms with E-state index < -0.39 is 0 Å². The van der Waals surface area contributed by atoms with Crippen molar-refractivity contribution in [2.24, 2.45) is 0 Å². The molecule has 0 saturated carbocycles. The van der Waals surface area contributed by atoms with Gasteiger partial charge < -0.3 is 4.90 Å². The summed E-state index contributed by atoms with van der Waals surface area (Å²) in [7, 11) is 0. The minimum Gasteiger partial charge on any atom is -0.339 e. The minimum absolute atomic E-state index is 0.00520. The van der Waals surface area contributed by atoms with Gasteiger partial charge in [-0.1, -0.05) is 19.9 Å². The fraction of sp³-hybridized carbons (Fsp3) is 0.533. The lowest BCUT2D eigenvalue weighted by atomic mass is 10.2. The summed E-state index contributed by atoms with van der Waals surface area (Å²) in [6.45, 7) is 10.3. The van der Waals surface area contributed by atoms with E-state index in [1.165, 1.54) is 0 Å². The van der Waals surface area contributed by atoms with E-state index in [0.29, 0.717) is 12.1 Å². The molecule has 0 aromatic carbocycles. The third-order valence-electron chi connectivity index (χ3n) is 3.89. The van der Waals surface area contributed by atoms with Gasteiger partial charge >= 0.3 is 0 Å². The van der Waals surface area contributed by atoms with Crippen LogP contribution < -0.4 is 10.5 Å². The van der Waals surface area contributed by atoms with Crippen LogP contribution in [0.15, 0.2) is 23.6 Å². The predicted octanol–water partition coefficient (Wildman–Crippen LogP) is 1.80. The van der Waals surface area contributed by atoms with Crippen molar-refractivity contribution >= 4 is 11.5 Å². The molecule has 0 bridgehead atoms. The number of unbranched alkanes of at least 4 members (excludes halogenated alkanes) is 1. The number of hydrogen-bond donors (Lipinski definition) is 0. The quantitative estimate of drug-likeness (QED) is 0.621. The third kappa shape index (κ3) is 2.24. The fourth-order valence-electron chi connectivity index (χ4n) is 2.77. The smallest absolute Gasteiger partial charge is 0.281 e. The molecule has 6 heteroatoms. The normalized spacial score (nSPS) is 14.1. The Morgan fingerprint density at radius 3 is 2.95 bits per heavy atom. The van der Waals surface area contributed by atoms with Crippen LogP contribution in [0.5, 0.6) is 0 Å². The van der Waals surface area contributed by atoms with Gasteiger partial charge in [0.05, 0.1) is 6.20 Å². The van der Waals surface area contributed by atoms with Crippen molar-refractivity contribution in [2.75, 3.05) is 18.0 Å². The van der Waals surface area contributed by atoms with E-state index in [4.69, 9.17) is 0 Å². The van der Waals surface area contributed by atoms with Crippen molar-refractivity contribution in [3.05, 3.63) is 35.0 Å². The molecule has 0 fully saturated rings. The summed E-state index contributed by atoms with van der Waals surface area (Å²) < 4.78 is 3.47. The van der Waals surface area contributed by atoms with Gasteiger partial charge in [-0.2, -0.15) is 0 Å². The van der Waals surface area contributed by atoms with Gasteiger partial charge in [-0.25, -0.2) is 9.50 Å². The zero-order valence-corrected chi connectivity index (χ0v) is 12.6. The zero-order chi connectivity index (χ0) is 15.0. The predicted molar refractivity (Wildman–Crippen MR) is 83.0 cm³/mol. The Hall–Kier alpha value is -2.11. The van der Waals surface area contributed by atoms with Crippen LogP contribution in [0.1, 0.15) is 38.4 Å². The molecule has 3 heterocycles. The summed E-state index contributed by atoms with van der Waals surface area (Å²) >= 11 is 0. The zero-order valence-electron chi connectivity index (χ0n) is 12.6. The second kappa shape index (κ2) is 5.35. The molecule has 21 heavy (non-hydrogen) atoms. The van der Waals surface area contributed by atoms with Crippen LogP contribution >= 0.6 is 0 Å². The lowest BCUT2D eigenvalue weighted by Gasteiger charge is -2.16. The lowest BCUT2D eigenvalue weighted by molar-refractivity contribution is 0.691. The Bertz CT molecular complexity index is 727. The second-order valence-corrected chi connectivity index (χ2v) is 5.74. The third-order valence-corrected chi connectivity index (χ3v) is 3.89. The van der Waals surface area contributed by atoms with Gasteiger partial charge in [0.2, 0.25) is 5.95 Å². The highest BCUT2D eigenvalue weighted by Gasteiger charge is 2.24. The number of aromatic nitrogens is 4. The SMILES string of the molecule is C=CCCCN1CCn2c1nn1c(C(C)C)ncc1c2=O. The van der Waals surface area contributed by atoms with Crippen LogP contribution in [-0.2, 0) is 6.54 Å². The van der Waals surface area contributed by atoms with Crippen molar-refractivity contribution in [3.8, 4) is 0 Å². The Kier molecular flexibility index (Phi) is 3.53. The Labute approximate surface area is 123 Å². The minimum atomic E-state index is 0.00520. The Balaban J connectivity index is 2.05. The maximum Gasteiger partial charge on any atom is 0.281 e. The average Bonchev–Trinajstić information content (AvgIpc) is 3.04. The number of allylic oxidation sites excluding steroid dienone is 1. The molecule has 112 valence electrons. The summed E-state index contributed by atoms with van der Waals surface area (Å²) in [6, 6.07) is 0. The van der Waals surface area contributed by atoms with Crippen LogP contribution in [0.2, 0.25) is 0 Å². The van der Waals surface area contributed by atoms with E-state index in [1.54, 1.807) is 15.3 Å². The van der Waals surface area contributed by atoms with E-state index in [1.807, 2.05) is 6.08 Å². The summed E-state index contributed by atoms with van der Waals surface area (Å²) in [5, 5.41) is 4.68. The molecule has 2 aromatic heterocycles. The molecule has 2 aromatic rings. The molecule has 6 nitrogen and oxygen atoms in total. The number of anilines is 1.